The molecule has 1 aliphatic heterocycles. The van der Waals surface area contributed by atoms with Crippen LogP contribution >= 0.6 is 0 Å². The molecule has 0 bridgehead atoms. The average Bonchev–Trinajstić information content (AvgIpc) is 2.21. The van der Waals surface area contributed by atoms with Crippen LogP contribution in [0, 0.1) is 5.41 Å². The van der Waals surface area contributed by atoms with Crippen molar-refractivity contribution in [1.29, 1.82) is 0 Å². The first-order valence-corrected chi connectivity index (χ1v) is 5.90. The van der Waals surface area contributed by atoms with E-state index in [4.69, 9.17) is 4.74 Å². The van der Waals surface area contributed by atoms with Crippen LogP contribution in [-0.2, 0) is 4.74 Å². The van der Waals surface area contributed by atoms with E-state index in [-0.39, 0.29) is 16.7 Å². The highest BCUT2D eigenvalue weighted by molar-refractivity contribution is 4.98. The lowest BCUT2D eigenvalue weighted by molar-refractivity contribution is -0.0989. The standard InChI is InChI=1S/C13H27NO/c1-11(2,3)10-9-15-13(7,8)14(10)12(4,5)6/h10H,9H2,1-8H3. The van der Waals surface area contributed by atoms with Crippen LogP contribution in [0.5, 0.6) is 0 Å². The SMILES string of the molecule is CC(C)(C)C1COC(C)(C)N1C(C)(C)C. The lowest BCUT2D eigenvalue weighted by Crippen LogP contribution is -2.57. The van der Waals surface area contributed by atoms with Crippen LogP contribution in [-0.4, -0.2) is 28.8 Å². The third-order valence-electron chi connectivity index (χ3n) is 3.21. The van der Waals surface area contributed by atoms with Gasteiger partial charge in [-0.05, 0) is 40.0 Å². The maximum atomic E-state index is 5.94. The van der Waals surface area contributed by atoms with E-state index in [2.05, 4.69) is 60.3 Å². The summed E-state index contributed by atoms with van der Waals surface area (Å²) in [6, 6.07) is 0.493. The van der Waals surface area contributed by atoms with Gasteiger partial charge in [0.05, 0.1) is 6.61 Å². The fourth-order valence-electron chi connectivity index (χ4n) is 2.71. The smallest absolute Gasteiger partial charge is 0.116 e. The first kappa shape index (κ1) is 13.0. The zero-order chi connectivity index (χ0) is 12.1. The van der Waals surface area contributed by atoms with Crippen LogP contribution in [0.4, 0.5) is 0 Å². The Morgan fingerprint density at radius 3 is 1.80 bits per heavy atom. The van der Waals surface area contributed by atoms with E-state index >= 15 is 0 Å². The Kier molecular flexibility index (Phi) is 2.99. The molecule has 0 spiro atoms. The van der Waals surface area contributed by atoms with E-state index in [0.29, 0.717) is 6.04 Å². The van der Waals surface area contributed by atoms with Gasteiger partial charge in [0.2, 0.25) is 0 Å². The molecule has 0 radical (unpaired) electrons. The molecule has 0 aliphatic carbocycles. The van der Waals surface area contributed by atoms with Gasteiger partial charge < -0.3 is 4.74 Å². The van der Waals surface area contributed by atoms with Gasteiger partial charge in [-0.15, -0.1) is 0 Å². The molecule has 1 rings (SSSR count). The van der Waals surface area contributed by atoms with Crippen molar-refractivity contribution in [1.82, 2.24) is 4.90 Å². The van der Waals surface area contributed by atoms with E-state index in [1.165, 1.54) is 0 Å². The molecule has 90 valence electrons. The summed E-state index contributed by atoms with van der Waals surface area (Å²) in [6.45, 7) is 18.9. The molecule has 1 aliphatic rings. The normalized spacial score (nSPS) is 28.4. The number of hydrogen-bond acceptors (Lipinski definition) is 2. The lowest BCUT2D eigenvalue weighted by atomic mass is 9.83. The molecule has 1 saturated heterocycles. The summed E-state index contributed by atoms with van der Waals surface area (Å²) in [7, 11) is 0. The number of rotatable bonds is 0. The van der Waals surface area contributed by atoms with Gasteiger partial charge >= 0.3 is 0 Å². The molecule has 1 fully saturated rings. The molecule has 0 amide bonds. The third-order valence-corrected chi connectivity index (χ3v) is 3.21. The van der Waals surface area contributed by atoms with E-state index in [0.717, 1.165) is 6.61 Å². The van der Waals surface area contributed by atoms with E-state index in [1.54, 1.807) is 0 Å². The number of ether oxygens (including phenoxy) is 1. The molecular weight excluding hydrogens is 186 g/mol. The van der Waals surface area contributed by atoms with Crippen molar-refractivity contribution in [3.8, 4) is 0 Å². The van der Waals surface area contributed by atoms with Crippen LogP contribution in [0.1, 0.15) is 55.4 Å². The van der Waals surface area contributed by atoms with Crippen LogP contribution < -0.4 is 0 Å². The lowest BCUT2D eigenvalue weighted by Gasteiger charge is -2.47. The Bertz CT molecular complexity index is 232. The third kappa shape index (κ3) is 2.54. The van der Waals surface area contributed by atoms with Crippen molar-refractivity contribution >= 4 is 0 Å². The first-order valence-electron chi connectivity index (χ1n) is 5.90. The minimum Gasteiger partial charge on any atom is -0.359 e. The fraction of sp³-hybridized carbons (Fsp3) is 1.00. The summed E-state index contributed by atoms with van der Waals surface area (Å²) in [5, 5.41) is 0. The predicted octanol–water partition coefficient (Wildman–Crippen LogP) is 3.27. The number of nitrogens with zero attached hydrogens (tertiary/aromatic N) is 1. The van der Waals surface area contributed by atoms with Gasteiger partial charge in [-0.3, -0.25) is 4.90 Å². The molecule has 2 nitrogen and oxygen atoms in total. The molecule has 1 atom stereocenters. The van der Waals surface area contributed by atoms with E-state index in [9.17, 15) is 0 Å². The summed E-state index contributed by atoms with van der Waals surface area (Å²) in [6.07, 6.45) is 0. The van der Waals surface area contributed by atoms with Gasteiger partial charge in [0.1, 0.15) is 5.72 Å². The molecule has 0 aromatic heterocycles. The van der Waals surface area contributed by atoms with Gasteiger partial charge in [-0.25, -0.2) is 0 Å². The Morgan fingerprint density at radius 1 is 1.07 bits per heavy atom. The maximum absolute atomic E-state index is 5.94. The second-order valence-corrected chi connectivity index (χ2v) is 7.18. The van der Waals surface area contributed by atoms with Crippen LogP contribution in [0.3, 0.4) is 0 Å². The summed E-state index contributed by atoms with van der Waals surface area (Å²) >= 11 is 0. The Hall–Kier alpha value is -0.0800. The van der Waals surface area contributed by atoms with E-state index in [1.807, 2.05) is 0 Å². The Labute approximate surface area is 95.0 Å². The monoisotopic (exact) mass is 213 g/mol. The van der Waals surface area contributed by atoms with Crippen LogP contribution in [0.15, 0.2) is 0 Å². The summed E-state index contributed by atoms with van der Waals surface area (Å²) < 4.78 is 5.94. The Morgan fingerprint density at radius 2 is 1.53 bits per heavy atom. The van der Waals surface area contributed by atoms with Gasteiger partial charge in [0.25, 0.3) is 0 Å². The van der Waals surface area contributed by atoms with Crippen molar-refractivity contribution in [2.45, 2.75) is 72.7 Å². The highest BCUT2D eigenvalue weighted by atomic mass is 16.5. The van der Waals surface area contributed by atoms with Crippen molar-refractivity contribution in [2.75, 3.05) is 6.61 Å². The van der Waals surface area contributed by atoms with Crippen molar-refractivity contribution < 1.29 is 4.74 Å². The van der Waals surface area contributed by atoms with Crippen molar-refractivity contribution in [3.05, 3.63) is 0 Å². The second-order valence-electron chi connectivity index (χ2n) is 7.18. The predicted molar refractivity (Wildman–Crippen MR) is 64.9 cm³/mol. The molecular formula is C13H27NO. The van der Waals surface area contributed by atoms with Gasteiger partial charge in [0.15, 0.2) is 0 Å². The topological polar surface area (TPSA) is 12.5 Å². The highest BCUT2D eigenvalue weighted by Crippen LogP contribution is 2.41. The molecule has 2 heteroatoms. The van der Waals surface area contributed by atoms with Gasteiger partial charge in [0, 0.05) is 11.6 Å². The summed E-state index contributed by atoms with van der Waals surface area (Å²) in [5.41, 5.74) is 0.273. The Balaban J connectivity index is 3.03. The fourth-order valence-corrected chi connectivity index (χ4v) is 2.71. The largest absolute Gasteiger partial charge is 0.359 e. The van der Waals surface area contributed by atoms with E-state index < -0.39 is 0 Å². The van der Waals surface area contributed by atoms with Gasteiger partial charge in [-0.2, -0.15) is 0 Å². The molecule has 0 saturated carbocycles. The summed E-state index contributed by atoms with van der Waals surface area (Å²) in [4.78, 5) is 2.51. The van der Waals surface area contributed by atoms with Crippen LogP contribution in [0.2, 0.25) is 0 Å². The van der Waals surface area contributed by atoms with Crippen molar-refractivity contribution in [2.24, 2.45) is 5.41 Å². The minimum absolute atomic E-state index is 0.143. The molecule has 15 heavy (non-hydrogen) atoms. The zero-order valence-electron chi connectivity index (χ0n) is 11.6. The zero-order valence-corrected chi connectivity index (χ0v) is 11.6. The minimum atomic E-state index is -0.143. The quantitative estimate of drug-likeness (QED) is 0.612. The van der Waals surface area contributed by atoms with Gasteiger partial charge in [-0.1, -0.05) is 20.8 Å². The molecule has 1 heterocycles. The maximum Gasteiger partial charge on any atom is 0.116 e. The highest BCUT2D eigenvalue weighted by Gasteiger charge is 2.49. The van der Waals surface area contributed by atoms with Crippen LogP contribution in [0.25, 0.3) is 0 Å². The summed E-state index contributed by atoms with van der Waals surface area (Å²) in [5.74, 6) is 0. The molecule has 0 aromatic rings. The second kappa shape index (κ2) is 3.46. The van der Waals surface area contributed by atoms with Crippen molar-refractivity contribution in [3.63, 3.8) is 0 Å². The molecule has 1 unspecified atom stereocenters. The average molecular weight is 213 g/mol. The molecule has 0 N–H and O–H groups in total. The number of hydrogen-bond donors (Lipinski definition) is 0. The first-order chi connectivity index (χ1) is 6.46. The molecule has 0 aromatic carbocycles.